The van der Waals surface area contributed by atoms with Crippen LogP contribution in [0.25, 0.3) is 0 Å². The summed E-state index contributed by atoms with van der Waals surface area (Å²) in [5, 5.41) is 3.49. The first kappa shape index (κ1) is 13.0. The van der Waals surface area contributed by atoms with Crippen molar-refractivity contribution >= 4 is 6.21 Å². The largest absolute Gasteiger partial charge is 0.374 e. The zero-order valence-corrected chi connectivity index (χ0v) is 10.4. The topological polar surface area (TPSA) is 47.6 Å². The van der Waals surface area contributed by atoms with E-state index in [1.807, 2.05) is 0 Å². The fraction of sp³-hybridized carbons (Fsp3) is 0.500. The van der Waals surface area contributed by atoms with Gasteiger partial charge in [0, 0.05) is 5.56 Å². The smallest absolute Gasteiger partial charge is 0.123 e. The van der Waals surface area contributed by atoms with Crippen LogP contribution in [0.1, 0.15) is 43.2 Å². The minimum atomic E-state index is -0.258. The summed E-state index contributed by atoms with van der Waals surface area (Å²) < 4.78 is 19.1. The van der Waals surface area contributed by atoms with Gasteiger partial charge in [0.1, 0.15) is 5.82 Å². The van der Waals surface area contributed by atoms with Gasteiger partial charge in [-0.25, -0.2) is 4.39 Å². The first-order valence-electron chi connectivity index (χ1n) is 6.43. The quantitative estimate of drug-likeness (QED) is 0.507. The molecule has 0 aliphatic heterocycles. The number of rotatable bonds is 4. The van der Waals surface area contributed by atoms with Gasteiger partial charge in [0.2, 0.25) is 0 Å². The van der Waals surface area contributed by atoms with Crippen LogP contribution in [0.3, 0.4) is 0 Å². The number of hydrogen-bond donors (Lipinski definition) is 1. The van der Waals surface area contributed by atoms with E-state index in [2.05, 4.69) is 5.10 Å². The maximum absolute atomic E-state index is 13.2. The van der Waals surface area contributed by atoms with Crippen LogP contribution in [-0.4, -0.2) is 12.3 Å². The summed E-state index contributed by atoms with van der Waals surface area (Å²) in [6, 6.07) is 4.56. The van der Waals surface area contributed by atoms with E-state index in [1.54, 1.807) is 6.07 Å². The Bertz CT molecular complexity index is 414. The van der Waals surface area contributed by atoms with Crippen molar-refractivity contribution in [2.45, 2.75) is 44.8 Å². The molecule has 1 fully saturated rings. The Kier molecular flexibility index (Phi) is 4.70. The molecule has 0 spiro atoms. The molecule has 1 aromatic carbocycles. The van der Waals surface area contributed by atoms with Gasteiger partial charge in [-0.1, -0.05) is 25.3 Å². The third kappa shape index (κ3) is 3.53. The number of benzene rings is 1. The number of nitrogens with zero attached hydrogens (tertiary/aromatic N) is 1. The Hall–Kier alpha value is -1.42. The van der Waals surface area contributed by atoms with E-state index < -0.39 is 0 Å². The maximum atomic E-state index is 13.2. The molecule has 0 radical (unpaired) electrons. The predicted octanol–water partition coefficient (Wildman–Crippen LogP) is 2.97. The minimum Gasteiger partial charge on any atom is -0.374 e. The van der Waals surface area contributed by atoms with Crippen LogP contribution in [0.2, 0.25) is 0 Å². The van der Waals surface area contributed by atoms with Crippen LogP contribution >= 0.6 is 0 Å². The average molecular weight is 250 g/mol. The molecule has 18 heavy (non-hydrogen) atoms. The molecule has 2 N–H and O–H groups in total. The van der Waals surface area contributed by atoms with Gasteiger partial charge in [0.05, 0.1) is 18.9 Å². The van der Waals surface area contributed by atoms with Gasteiger partial charge >= 0.3 is 0 Å². The zero-order chi connectivity index (χ0) is 12.8. The lowest BCUT2D eigenvalue weighted by atomic mass is 9.98. The molecule has 0 heterocycles. The molecule has 1 aromatic rings. The third-order valence-electron chi connectivity index (χ3n) is 3.35. The molecule has 0 bridgehead atoms. The van der Waals surface area contributed by atoms with E-state index in [-0.39, 0.29) is 5.82 Å². The molecule has 0 amide bonds. The highest BCUT2D eigenvalue weighted by atomic mass is 19.1. The van der Waals surface area contributed by atoms with E-state index in [1.165, 1.54) is 37.6 Å². The first-order valence-corrected chi connectivity index (χ1v) is 6.43. The van der Waals surface area contributed by atoms with Crippen molar-refractivity contribution in [3.8, 4) is 0 Å². The molecule has 0 unspecified atom stereocenters. The molecule has 1 aliphatic rings. The highest BCUT2D eigenvalue weighted by Crippen LogP contribution is 2.22. The molecule has 0 aromatic heterocycles. The van der Waals surface area contributed by atoms with Gasteiger partial charge in [-0.15, -0.1) is 0 Å². The van der Waals surface area contributed by atoms with Crippen molar-refractivity contribution in [2.24, 2.45) is 10.9 Å². The van der Waals surface area contributed by atoms with Crippen LogP contribution < -0.4 is 5.84 Å². The SMILES string of the molecule is NN=Cc1ccc(F)cc1COC1CCCCC1. The average Bonchev–Trinajstić information content (AvgIpc) is 2.40. The van der Waals surface area contributed by atoms with Crippen molar-refractivity contribution in [2.75, 3.05) is 0 Å². The Morgan fingerprint density at radius 2 is 2.11 bits per heavy atom. The van der Waals surface area contributed by atoms with Crippen LogP contribution in [0.15, 0.2) is 23.3 Å². The van der Waals surface area contributed by atoms with E-state index in [0.717, 1.165) is 24.0 Å². The van der Waals surface area contributed by atoms with Crippen molar-refractivity contribution < 1.29 is 9.13 Å². The van der Waals surface area contributed by atoms with Crippen LogP contribution in [0.5, 0.6) is 0 Å². The van der Waals surface area contributed by atoms with Gasteiger partial charge < -0.3 is 10.6 Å². The lowest BCUT2D eigenvalue weighted by Gasteiger charge is -2.22. The summed E-state index contributed by atoms with van der Waals surface area (Å²) in [5.41, 5.74) is 1.62. The molecule has 1 aliphatic carbocycles. The Morgan fingerprint density at radius 3 is 2.83 bits per heavy atom. The van der Waals surface area contributed by atoms with Crippen molar-refractivity contribution in [3.05, 3.63) is 35.1 Å². The summed E-state index contributed by atoms with van der Waals surface area (Å²) in [4.78, 5) is 0. The first-order chi connectivity index (χ1) is 8.79. The van der Waals surface area contributed by atoms with E-state index >= 15 is 0 Å². The molecule has 2 rings (SSSR count). The normalized spacial score (nSPS) is 17.4. The number of nitrogens with two attached hydrogens (primary N) is 1. The standard InChI is InChI=1S/C14H19FN2O/c15-13-7-6-11(9-17-16)12(8-13)10-18-14-4-2-1-3-5-14/h6-9,14H,1-5,10,16H2. The summed E-state index contributed by atoms with van der Waals surface area (Å²) in [5.74, 6) is 4.88. The fourth-order valence-electron chi connectivity index (χ4n) is 2.34. The maximum Gasteiger partial charge on any atom is 0.123 e. The molecule has 98 valence electrons. The molecular formula is C14H19FN2O. The van der Waals surface area contributed by atoms with E-state index in [4.69, 9.17) is 10.6 Å². The van der Waals surface area contributed by atoms with Gasteiger partial charge in [-0.2, -0.15) is 5.10 Å². The number of ether oxygens (including phenoxy) is 1. The lowest BCUT2D eigenvalue weighted by Crippen LogP contribution is -2.16. The fourth-order valence-corrected chi connectivity index (χ4v) is 2.34. The second-order valence-electron chi connectivity index (χ2n) is 4.69. The van der Waals surface area contributed by atoms with E-state index in [9.17, 15) is 4.39 Å². The van der Waals surface area contributed by atoms with Crippen molar-refractivity contribution in [3.63, 3.8) is 0 Å². The predicted molar refractivity (Wildman–Crippen MR) is 69.8 cm³/mol. The molecule has 3 nitrogen and oxygen atoms in total. The second-order valence-corrected chi connectivity index (χ2v) is 4.69. The zero-order valence-electron chi connectivity index (χ0n) is 10.4. The molecule has 0 saturated heterocycles. The summed E-state index contributed by atoms with van der Waals surface area (Å²) in [6.45, 7) is 0.420. The number of hydrazone groups is 1. The van der Waals surface area contributed by atoms with Crippen molar-refractivity contribution in [1.29, 1.82) is 0 Å². The van der Waals surface area contributed by atoms with Crippen LogP contribution in [0.4, 0.5) is 4.39 Å². The third-order valence-corrected chi connectivity index (χ3v) is 3.35. The molecule has 0 atom stereocenters. The lowest BCUT2D eigenvalue weighted by molar-refractivity contribution is 0.0167. The Morgan fingerprint density at radius 1 is 1.33 bits per heavy atom. The van der Waals surface area contributed by atoms with Gasteiger partial charge in [0.15, 0.2) is 0 Å². The Labute approximate surface area is 107 Å². The number of halogens is 1. The summed E-state index contributed by atoms with van der Waals surface area (Å²) in [7, 11) is 0. The van der Waals surface area contributed by atoms with Crippen molar-refractivity contribution in [1.82, 2.24) is 0 Å². The highest BCUT2D eigenvalue weighted by Gasteiger charge is 2.14. The number of hydrogen-bond acceptors (Lipinski definition) is 3. The van der Waals surface area contributed by atoms with Crippen LogP contribution in [0, 0.1) is 5.82 Å². The van der Waals surface area contributed by atoms with E-state index in [0.29, 0.717) is 12.7 Å². The van der Waals surface area contributed by atoms with Gasteiger partial charge in [-0.05, 0) is 30.5 Å². The Balaban J connectivity index is 2.00. The van der Waals surface area contributed by atoms with Gasteiger partial charge in [0.25, 0.3) is 0 Å². The summed E-state index contributed by atoms with van der Waals surface area (Å²) >= 11 is 0. The monoisotopic (exact) mass is 250 g/mol. The van der Waals surface area contributed by atoms with Crippen LogP contribution in [-0.2, 0) is 11.3 Å². The molecular weight excluding hydrogens is 231 g/mol. The molecule has 1 saturated carbocycles. The summed E-state index contributed by atoms with van der Waals surface area (Å²) in [6.07, 6.45) is 7.80. The minimum absolute atomic E-state index is 0.258. The highest BCUT2D eigenvalue weighted by molar-refractivity contribution is 5.81. The van der Waals surface area contributed by atoms with Gasteiger partial charge in [-0.3, -0.25) is 0 Å². The second kappa shape index (κ2) is 6.50. The molecule has 4 heteroatoms.